The lowest BCUT2D eigenvalue weighted by Crippen LogP contribution is -2.41. The van der Waals surface area contributed by atoms with Crippen LogP contribution in [-0.4, -0.2) is 28.5 Å². The fourth-order valence-corrected chi connectivity index (χ4v) is 5.59. The minimum Gasteiger partial charge on any atom is -0.392 e. The van der Waals surface area contributed by atoms with E-state index in [2.05, 4.69) is 13.8 Å². The third-order valence-electron chi connectivity index (χ3n) is 5.67. The molecule has 18 heavy (non-hydrogen) atoms. The summed E-state index contributed by atoms with van der Waals surface area (Å²) in [5.41, 5.74) is 0.381. The second-order valence-electron chi connectivity index (χ2n) is 6.56. The van der Waals surface area contributed by atoms with Crippen LogP contribution in [0.15, 0.2) is 0 Å². The lowest BCUT2D eigenvalue weighted by molar-refractivity contribution is -0.118. The van der Waals surface area contributed by atoms with Crippen LogP contribution in [0.25, 0.3) is 0 Å². The van der Waals surface area contributed by atoms with Gasteiger partial charge in [0, 0.05) is 29.8 Å². The summed E-state index contributed by atoms with van der Waals surface area (Å²) in [6, 6.07) is 0. The van der Waals surface area contributed by atoms with Crippen molar-refractivity contribution >= 4 is 17.5 Å². The quantitative estimate of drug-likeness (QED) is 0.753. The van der Waals surface area contributed by atoms with Gasteiger partial charge in [-0.15, -0.1) is 0 Å². The second-order valence-corrected chi connectivity index (χ2v) is 7.66. The van der Waals surface area contributed by atoms with Crippen LogP contribution < -0.4 is 0 Å². The summed E-state index contributed by atoms with van der Waals surface area (Å²) in [5, 5.41) is 10.4. The fourth-order valence-electron chi connectivity index (χ4n) is 4.00. The zero-order valence-corrected chi connectivity index (χ0v) is 12.7. The van der Waals surface area contributed by atoms with Gasteiger partial charge in [0.05, 0.1) is 6.10 Å². The number of hydrogen-bond donors (Lipinski definition) is 1. The summed E-state index contributed by atoms with van der Waals surface area (Å²) in [6.45, 7) is 6.59. The van der Waals surface area contributed by atoms with E-state index in [0.29, 0.717) is 24.5 Å². The molecule has 2 aliphatic rings. The number of thioether (sulfide) groups is 1. The van der Waals surface area contributed by atoms with E-state index in [1.165, 1.54) is 12.8 Å². The number of carbonyl (C=O) groups excluding carboxylic acids is 1. The molecule has 0 amide bonds. The minimum absolute atomic E-state index is 0.109. The molecule has 0 spiro atoms. The lowest BCUT2D eigenvalue weighted by Gasteiger charge is -2.40. The molecule has 2 rings (SSSR count). The maximum absolute atomic E-state index is 11.3. The van der Waals surface area contributed by atoms with Gasteiger partial charge in [0.15, 0.2) is 0 Å². The Morgan fingerprint density at radius 2 is 2.17 bits per heavy atom. The molecule has 2 nitrogen and oxygen atoms in total. The van der Waals surface area contributed by atoms with Crippen LogP contribution in [-0.2, 0) is 4.79 Å². The van der Waals surface area contributed by atoms with Gasteiger partial charge in [-0.1, -0.05) is 20.8 Å². The van der Waals surface area contributed by atoms with Gasteiger partial charge in [-0.05, 0) is 30.6 Å². The predicted octanol–water partition coefficient (Wildman–Crippen LogP) is 3.28. The van der Waals surface area contributed by atoms with Gasteiger partial charge in [-0.25, -0.2) is 0 Å². The molecule has 104 valence electrons. The minimum atomic E-state index is -0.124. The van der Waals surface area contributed by atoms with Crippen LogP contribution in [0.3, 0.4) is 0 Å². The van der Waals surface area contributed by atoms with Gasteiger partial charge in [0.25, 0.3) is 0 Å². The van der Waals surface area contributed by atoms with E-state index in [-0.39, 0.29) is 16.9 Å². The normalized spacial score (nSPS) is 37.1. The first-order valence-electron chi connectivity index (χ1n) is 7.21. The molecule has 3 heteroatoms. The first kappa shape index (κ1) is 14.4. The molecule has 0 aliphatic heterocycles. The molecule has 2 aliphatic carbocycles. The van der Waals surface area contributed by atoms with E-state index >= 15 is 0 Å². The number of hydrogen-bond acceptors (Lipinski definition) is 3. The maximum atomic E-state index is 11.3. The third kappa shape index (κ3) is 2.14. The molecule has 0 aromatic heterocycles. The Morgan fingerprint density at radius 3 is 2.67 bits per heavy atom. The Kier molecular flexibility index (Phi) is 4.13. The standard InChI is InChI=1S/C15H26O2S/c1-4-12(16)6-8-18-10-15-7-5-11(9-13(15)17)14(15,2)3/h11,13,17H,4-10H2,1-3H3/t11-,13-,15-/m1/s1. The van der Waals surface area contributed by atoms with Crippen LogP contribution in [0.4, 0.5) is 0 Å². The molecular weight excluding hydrogens is 244 g/mol. The van der Waals surface area contributed by atoms with Gasteiger partial charge in [-0.3, -0.25) is 4.79 Å². The summed E-state index contributed by atoms with van der Waals surface area (Å²) in [4.78, 5) is 11.3. The van der Waals surface area contributed by atoms with Crippen LogP contribution in [0, 0.1) is 16.7 Å². The number of aliphatic hydroxyl groups is 1. The Labute approximate surface area is 115 Å². The van der Waals surface area contributed by atoms with Crippen LogP contribution in [0.1, 0.15) is 52.9 Å². The summed E-state index contributed by atoms with van der Waals surface area (Å²) in [7, 11) is 0. The Bertz CT molecular complexity index is 326. The molecule has 0 heterocycles. The third-order valence-corrected chi connectivity index (χ3v) is 6.88. The molecule has 0 saturated heterocycles. The number of ketones is 1. The van der Waals surface area contributed by atoms with Crippen molar-refractivity contribution in [1.29, 1.82) is 0 Å². The molecule has 2 bridgehead atoms. The lowest BCUT2D eigenvalue weighted by atomic mass is 9.70. The number of Topliss-reactive ketones (excluding diaryl/α,β-unsaturated/α-hetero) is 1. The van der Waals surface area contributed by atoms with Crippen molar-refractivity contribution in [2.45, 2.75) is 59.0 Å². The Balaban J connectivity index is 1.89. The van der Waals surface area contributed by atoms with E-state index in [0.717, 1.165) is 17.9 Å². The number of fused-ring (bicyclic) bond motifs is 2. The molecule has 0 radical (unpaired) electrons. The molecule has 0 aromatic rings. The Morgan fingerprint density at radius 1 is 1.44 bits per heavy atom. The maximum Gasteiger partial charge on any atom is 0.133 e. The zero-order valence-electron chi connectivity index (χ0n) is 11.9. The van der Waals surface area contributed by atoms with Crippen LogP contribution >= 0.6 is 11.8 Å². The predicted molar refractivity (Wildman–Crippen MR) is 76.8 cm³/mol. The first-order chi connectivity index (χ1) is 8.44. The molecule has 3 atom stereocenters. The van der Waals surface area contributed by atoms with Gasteiger partial charge in [0.2, 0.25) is 0 Å². The average molecular weight is 270 g/mol. The van der Waals surface area contributed by atoms with Crippen LogP contribution in [0.5, 0.6) is 0 Å². The molecule has 0 aromatic carbocycles. The fraction of sp³-hybridized carbons (Fsp3) is 0.933. The highest BCUT2D eigenvalue weighted by Crippen LogP contribution is 2.66. The topological polar surface area (TPSA) is 37.3 Å². The highest BCUT2D eigenvalue weighted by atomic mass is 32.2. The van der Waals surface area contributed by atoms with Crippen molar-refractivity contribution in [3.05, 3.63) is 0 Å². The SMILES string of the molecule is CCC(=O)CCSC[C@]12CC[C@H](C[C@H]1O)C2(C)C. The van der Waals surface area contributed by atoms with Crippen molar-refractivity contribution in [2.24, 2.45) is 16.7 Å². The number of aliphatic hydroxyl groups excluding tert-OH is 1. The van der Waals surface area contributed by atoms with E-state index < -0.39 is 0 Å². The summed E-state index contributed by atoms with van der Waals surface area (Å²) < 4.78 is 0. The van der Waals surface area contributed by atoms with Gasteiger partial charge >= 0.3 is 0 Å². The largest absolute Gasteiger partial charge is 0.392 e. The average Bonchev–Trinajstić information content (AvgIpc) is 2.68. The highest BCUT2D eigenvalue weighted by Gasteiger charge is 2.63. The Hall–Kier alpha value is -0.0200. The van der Waals surface area contributed by atoms with Crippen molar-refractivity contribution in [3.8, 4) is 0 Å². The molecule has 1 N–H and O–H groups in total. The zero-order chi connectivity index (χ0) is 13.4. The molecule has 2 saturated carbocycles. The summed E-state index contributed by atoms with van der Waals surface area (Å²) in [5.74, 6) is 3.00. The van der Waals surface area contributed by atoms with Gasteiger partial charge in [0.1, 0.15) is 5.78 Å². The van der Waals surface area contributed by atoms with Gasteiger partial charge < -0.3 is 5.11 Å². The monoisotopic (exact) mass is 270 g/mol. The molecular formula is C15H26O2S. The van der Waals surface area contributed by atoms with Crippen molar-refractivity contribution in [2.75, 3.05) is 11.5 Å². The summed E-state index contributed by atoms with van der Waals surface area (Å²) in [6.07, 6.45) is 4.65. The number of rotatable bonds is 6. The van der Waals surface area contributed by atoms with Crippen molar-refractivity contribution < 1.29 is 9.90 Å². The highest BCUT2D eigenvalue weighted by molar-refractivity contribution is 7.99. The van der Waals surface area contributed by atoms with Gasteiger partial charge in [-0.2, -0.15) is 11.8 Å². The van der Waals surface area contributed by atoms with E-state index in [1.54, 1.807) is 0 Å². The smallest absolute Gasteiger partial charge is 0.133 e. The van der Waals surface area contributed by atoms with Crippen LogP contribution in [0.2, 0.25) is 0 Å². The van der Waals surface area contributed by atoms with Crippen molar-refractivity contribution in [3.63, 3.8) is 0 Å². The second kappa shape index (κ2) is 5.16. The summed E-state index contributed by atoms with van der Waals surface area (Å²) >= 11 is 1.87. The molecule has 0 unspecified atom stereocenters. The molecule has 2 fully saturated rings. The van der Waals surface area contributed by atoms with E-state index in [4.69, 9.17) is 0 Å². The van der Waals surface area contributed by atoms with Crippen molar-refractivity contribution in [1.82, 2.24) is 0 Å². The number of carbonyl (C=O) groups is 1. The van der Waals surface area contributed by atoms with E-state index in [9.17, 15) is 9.90 Å². The first-order valence-corrected chi connectivity index (χ1v) is 8.37. The van der Waals surface area contributed by atoms with E-state index in [1.807, 2.05) is 18.7 Å².